The molecule has 5 nitrogen and oxygen atoms in total. The van der Waals surface area contributed by atoms with Crippen LogP contribution in [0.4, 0.5) is 4.79 Å². The highest BCUT2D eigenvalue weighted by molar-refractivity contribution is 6.14. The molecule has 50 valence electrons. The average molecular weight is 146 g/mol. The molecule has 0 rings (SSSR count). The first-order valence-corrected chi connectivity index (χ1v) is 3.34. The number of carbonyl (C=O) groups excluding carboxylic acids is 1. The summed E-state index contributed by atoms with van der Waals surface area (Å²) < 4.78 is 2.35. The van der Waals surface area contributed by atoms with Crippen molar-refractivity contribution in [3.05, 3.63) is 0 Å². The van der Waals surface area contributed by atoms with Crippen molar-refractivity contribution in [1.29, 1.82) is 0 Å². The van der Waals surface area contributed by atoms with Crippen molar-refractivity contribution in [2.45, 2.75) is 0 Å². The van der Waals surface area contributed by atoms with Gasteiger partial charge < -0.3 is 14.7 Å². The molecular formula is C3H7AlN2O3. The first-order chi connectivity index (χ1) is 4.16. The van der Waals surface area contributed by atoms with Crippen LogP contribution in [0.25, 0.3) is 0 Å². The zero-order chi connectivity index (χ0) is 7.28. The number of amides is 2. The monoisotopic (exact) mass is 146 g/mol. The first kappa shape index (κ1) is 8.27. The van der Waals surface area contributed by atoms with Crippen molar-refractivity contribution in [2.24, 2.45) is 0 Å². The number of urea groups is 1. The summed E-state index contributed by atoms with van der Waals surface area (Å²) in [6.45, 7) is -0.325. The fourth-order valence-electron chi connectivity index (χ4n) is 0.244. The fraction of sp³-hybridized carbons (Fsp3) is 0.333. The molecule has 0 unspecified atom stereocenters. The maximum absolute atomic E-state index is 10.3. The Morgan fingerprint density at radius 3 is 2.44 bits per heavy atom. The highest BCUT2D eigenvalue weighted by Gasteiger charge is 1.97. The molecule has 0 aromatic rings. The first-order valence-electron chi connectivity index (χ1n) is 2.34. The summed E-state index contributed by atoms with van der Waals surface area (Å²) in [5.74, 6) is -1.04. The minimum Gasteiger partial charge on any atom is -0.480 e. The van der Waals surface area contributed by atoms with Crippen molar-refractivity contribution < 1.29 is 14.7 Å². The van der Waals surface area contributed by atoms with Gasteiger partial charge in [-0.2, -0.15) is 0 Å². The molecule has 0 fully saturated rings. The Hall–Kier alpha value is -0.728. The zero-order valence-corrected chi connectivity index (χ0v) is 6.97. The average Bonchev–Trinajstić information content (AvgIpc) is 1.83. The molecule has 0 aromatic carbocycles. The van der Waals surface area contributed by atoms with Gasteiger partial charge in [-0.05, 0) is 0 Å². The molecule has 0 saturated heterocycles. The Kier molecular flexibility index (Phi) is 3.84. The van der Waals surface area contributed by atoms with Gasteiger partial charge in [0.05, 0.1) is 0 Å². The highest BCUT2D eigenvalue weighted by atomic mass is 27.1. The fourth-order valence-corrected chi connectivity index (χ4v) is 0.421. The van der Waals surface area contributed by atoms with E-state index < -0.39 is 12.0 Å². The van der Waals surface area contributed by atoms with Crippen LogP contribution < -0.4 is 9.62 Å². The van der Waals surface area contributed by atoms with Gasteiger partial charge >= 0.3 is 22.5 Å². The Bertz CT molecular complexity index is 126. The summed E-state index contributed by atoms with van der Waals surface area (Å²) in [7, 11) is 0. The van der Waals surface area contributed by atoms with Crippen LogP contribution in [0.2, 0.25) is 0 Å². The van der Waals surface area contributed by atoms with Gasteiger partial charge in [0, 0.05) is 0 Å². The van der Waals surface area contributed by atoms with Crippen molar-refractivity contribution in [1.82, 2.24) is 9.62 Å². The summed E-state index contributed by atoms with van der Waals surface area (Å²) in [5.41, 5.74) is 0. The van der Waals surface area contributed by atoms with E-state index in [1.807, 2.05) is 0 Å². The van der Waals surface area contributed by atoms with E-state index in [9.17, 15) is 9.59 Å². The second-order valence-electron chi connectivity index (χ2n) is 1.33. The molecular weight excluding hydrogens is 139 g/mol. The third-order valence-electron chi connectivity index (χ3n) is 0.627. The van der Waals surface area contributed by atoms with E-state index in [2.05, 4.69) is 9.62 Å². The molecule has 0 radical (unpaired) electrons. The molecule has 3 N–H and O–H groups in total. The number of hydrogen-bond donors (Lipinski definition) is 3. The number of nitrogens with one attached hydrogen (secondary N) is 2. The van der Waals surface area contributed by atoms with Crippen LogP contribution in [-0.4, -0.2) is 40.2 Å². The van der Waals surface area contributed by atoms with Gasteiger partial charge in [-0.15, -0.1) is 0 Å². The van der Waals surface area contributed by atoms with Crippen molar-refractivity contribution in [3.8, 4) is 0 Å². The predicted molar refractivity (Wildman–Crippen MR) is 32.7 cm³/mol. The number of rotatable bonds is 2. The molecule has 0 atom stereocenters. The summed E-state index contributed by atoms with van der Waals surface area (Å²) in [5, 5.41) is 10.1. The second kappa shape index (κ2) is 4.18. The van der Waals surface area contributed by atoms with Crippen LogP contribution in [0.15, 0.2) is 0 Å². The maximum Gasteiger partial charge on any atom is 0.366 e. The van der Waals surface area contributed by atoms with E-state index >= 15 is 0 Å². The number of aliphatic carboxylic acids is 1. The minimum atomic E-state index is -1.04. The molecule has 0 aromatic heterocycles. The van der Waals surface area contributed by atoms with Crippen LogP contribution in [0.3, 0.4) is 0 Å². The molecule has 0 aliphatic heterocycles. The molecule has 9 heavy (non-hydrogen) atoms. The third-order valence-corrected chi connectivity index (χ3v) is 1.08. The number of carboxylic acids is 1. The normalized spacial score (nSPS) is 8.00. The Balaban J connectivity index is 3.28. The quantitative estimate of drug-likeness (QED) is 0.391. The summed E-state index contributed by atoms with van der Waals surface area (Å²) >= 11 is 0.528. The minimum absolute atomic E-state index is 0.325. The SMILES string of the molecule is O=C(O)CNC(=O)[NH][AlH2]. The Morgan fingerprint density at radius 2 is 2.11 bits per heavy atom. The standard InChI is InChI=1S/C3H6N2O3.Al.2H/c4-3(8)5-1-2(6)7;;;/h1H2,(H4,4,5,6,7,8);;;/q;+1;;/p-1. The van der Waals surface area contributed by atoms with Crippen LogP contribution in [0.1, 0.15) is 0 Å². The molecule has 0 saturated carbocycles. The van der Waals surface area contributed by atoms with Crippen LogP contribution >= 0.6 is 0 Å². The summed E-state index contributed by atoms with van der Waals surface area (Å²) in [4.78, 5) is 20.1. The van der Waals surface area contributed by atoms with E-state index in [0.717, 1.165) is 0 Å². The lowest BCUT2D eigenvalue weighted by Crippen LogP contribution is -2.36. The van der Waals surface area contributed by atoms with Gasteiger partial charge in [-0.3, -0.25) is 9.59 Å². The van der Waals surface area contributed by atoms with E-state index in [1.54, 1.807) is 0 Å². The molecule has 0 spiro atoms. The Morgan fingerprint density at radius 1 is 1.56 bits per heavy atom. The van der Waals surface area contributed by atoms with Gasteiger partial charge in [0.2, 0.25) is 0 Å². The topological polar surface area (TPSA) is 78.4 Å². The molecule has 0 aliphatic rings. The van der Waals surface area contributed by atoms with Gasteiger partial charge in [0.1, 0.15) is 6.54 Å². The van der Waals surface area contributed by atoms with Crippen molar-refractivity contribution in [2.75, 3.05) is 6.54 Å². The maximum atomic E-state index is 10.3. The Labute approximate surface area is 60.1 Å². The van der Waals surface area contributed by atoms with Gasteiger partial charge in [0.25, 0.3) is 6.03 Å². The number of carboxylic acid groups (broad SMARTS) is 1. The lowest BCUT2D eigenvalue weighted by Gasteiger charge is -1.98. The lowest BCUT2D eigenvalue weighted by molar-refractivity contribution is -0.135. The van der Waals surface area contributed by atoms with E-state index in [-0.39, 0.29) is 6.54 Å². The van der Waals surface area contributed by atoms with Gasteiger partial charge in [-0.25, -0.2) is 0 Å². The molecule has 2 amide bonds. The lowest BCUT2D eigenvalue weighted by atomic mass is 10.7. The van der Waals surface area contributed by atoms with Gasteiger partial charge in [-0.1, -0.05) is 0 Å². The molecule has 6 heteroatoms. The van der Waals surface area contributed by atoms with E-state index in [0.29, 0.717) is 16.5 Å². The second-order valence-corrected chi connectivity index (χ2v) is 1.83. The van der Waals surface area contributed by atoms with Crippen LogP contribution in [0, 0.1) is 0 Å². The number of hydrogen-bond acceptors (Lipinski definition) is 2. The van der Waals surface area contributed by atoms with Crippen LogP contribution in [-0.2, 0) is 4.79 Å². The molecule has 0 heterocycles. The van der Waals surface area contributed by atoms with E-state index in [4.69, 9.17) is 5.11 Å². The zero-order valence-electron chi connectivity index (χ0n) is 4.97. The van der Waals surface area contributed by atoms with E-state index in [1.165, 1.54) is 0 Å². The largest absolute Gasteiger partial charge is 0.480 e. The molecule has 0 bridgehead atoms. The molecule has 0 aliphatic carbocycles. The predicted octanol–water partition coefficient (Wildman–Crippen LogP) is -2.08. The van der Waals surface area contributed by atoms with Gasteiger partial charge in [0.15, 0.2) is 0 Å². The van der Waals surface area contributed by atoms with Crippen molar-refractivity contribution in [3.63, 3.8) is 0 Å². The third kappa shape index (κ3) is 5.14. The van der Waals surface area contributed by atoms with Crippen molar-refractivity contribution >= 4 is 28.5 Å². The van der Waals surface area contributed by atoms with Crippen LogP contribution in [0.5, 0.6) is 0 Å². The number of carbonyl (C=O) groups is 2. The summed E-state index contributed by atoms with van der Waals surface area (Å²) in [6.07, 6.45) is 0. The summed E-state index contributed by atoms with van der Waals surface area (Å²) in [6, 6.07) is -0.427. The smallest absolute Gasteiger partial charge is 0.366 e. The highest BCUT2D eigenvalue weighted by Crippen LogP contribution is 1.60.